The SMILES string of the molecule is COCC(=O)N[C@@H]1CCN(C(=O)c2ccc(-c3cn[nH]c3)cn2)C[C@H]1F. The van der Waals surface area contributed by atoms with Crippen LogP contribution < -0.4 is 5.32 Å². The van der Waals surface area contributed by atoms with Gasteiger partial charge < -0.3 is 15.0 Å². The number of hydrogen-bond donors (Lipinski definition) is 2. The molecule has 1 saturated heterocycles. The number of aromatic nitrogens is 3. The predicted molar refractivity (Wildman–Crippen MR) is 91.0 cm³/mol. The molecule has 3 heterocycles. The Morgan fingerprint density at radius 3 is 2.85 bits per heavy atom. The molecule has 8 nitrogen and oxygen atoms in total. The van der Waals surface area contributed by atoms with E-state index in [1.165, 1.54) is 12.0 Å². The smallest absolute Gasteiger partial charge is 0.272 e. The first kappa shape index (κ1) is 18.0. The van der Waals surface area contributed by atoms with Crippen LogP contribution in [0.3, 0.4) is 0 Å². The van der Waals surface area contributed by atoms with Crippen molar-refractivity contribution in [3.8, 4) is 11.1 Å². The zero-order valence-corrected chi connectivity index (χ0v) is 14.3. The number of H-pyrrole nitrogens is 1. The lowest BCUT2D eigenvalue weighted by molar-refractivity contribution is -0.126. The molecule has 2 aromatic rings. The molecule has 26 heavy (non-hydrogen) atoms. The Balaban J connectivity index is 1.60. The fourth-order valence-corrected chi connectivity index (χ4v) is 2.89. The number of piperidine rings is 1. The molecule has 3 rings (SSSR count). The molecule has 0 bridgehead atoms. The van der Waals surface area contributed by atoms with Crippen LogP contribution >= 0.6 is 0 Å². The van der Waals surface area contributed by atoms with E-state index in [9.17, 15) is 14.0 Å². The van der Waals surface area contributed by atoms with Crippen molar-refractivity contribution < 1.29 is 18.7 Å². The minimum absolute atomic E-state index is 0.0814. The third-order valence-corrected chi connectivity index (χ3v) is 4.26. The van der Waals surface area contributed by atoms with Gasteiger partial charge in [0.1, 0.15) is 18.5 Å². The molecule has 138 valence electrons. The topological polar surface area (TPSA) is 100 Å². The van der Waals surface area contributed by atoms with E-state index < -0.39 is 12.2 Å². The maximum Gasteiger partial charge on any atom is 0.272 e. The fourth-order valence-electron chi connectivity index (χ4n) is 2.89. The average molecular weight is 361 g/mol. The van der Waals surface area contributed by atoms with Gasteiger partial charge >= 0.3 is 0 Å². The number of rotatable bonds is 5. The van der Waals surface area contributed by atoms with Gasteiger partial charge in [0.2, 0.25) is 5.91 Å². The highest BCUT2D eigenvalue weighted by atomic mass is 19.1. The van der Waals surface area contributed by atoms with Crippen molar-refractivity contribution in [2.45, 2.75) is 18.6 Å². The van der Waals surface area contributed by atoms with Gasteiger partial charge in [0.25, 0.3) is 5.91 Å². The van der Waals surface area contributed by atoms with E-state index in [1.54, 1.807) is 30.7 Å². The van der Waals surface area contributed by atoms with Gasteiger partial charge in [0, 0.05) is 37.2 Å². The molecule has 1 aliphatic heterocycles. The summed E-state index contributed by atoms with van der Waals surface area (Å²) in [5.74, 6) is -0.690. The van der Waals surface area contributed by atoms with Crippen LogP contribution in [0.25, 0.3) is 11.1 Å². The molecule has 0 radical (unpaired) electrons. The summed E-state index contributed by atoms with van der Waals surface area (Å²) in [7, 11) is 1.40. The largest absolute Gasteiger partial charge is 0.375 e. The third-order valence-electron chi connectivity index (χ3n) is 4.26. The van der Waals surface area contributed by atoms with Crippen LogP contribution in [0.4, 0.5) is 4.39 Å². The number of pyridine rings is 1. The molecule has 1 fully saturated rings. The molecule has 9 heteroatoms. The number of amides is 2. The zero-order valence-electron chi connectivity index (χ0n) is 14.3. The van der Waals surface area contributed by atoms with Gasteiger partial charge in [-0.2, -0.15) is 5.10 Å². The van der Waals surface area contributed by atoms with Crippen LogP contribution in [0.2, 0.25) is 0 Å². The van der Waals surface area contributed by atoms with E-state index in [2.05, 4.69) is 20.5 Å². The Labute approximate surface area is 149 Å². The lowest BCUT2D eigenvalue weighted by Crippen LogP contribution is -2.54. The normalized spacial score (nSPS) is 20.0. The third kappa shape index (κ3) is 4.05. The number of halogens is 1. The second-order valence-corrected chi connectivity index (χ2v) is 6.08. The molecule has 1 aliphatic rings. The Morgan fingerprint density at radius 1 is 1.38 bits per heavy atom. The van der Waals surface area contributed by atoms with Gasteiger partial charge in [0.15, 0.2) is 0 Å². The summed E-state index contributed by atoms with van der Waals surface area (Å²) in [6.45, 7) is 0.156. The number of carbonyl (C=O) groups is 2. The van der Waals surface area contributed by atoms with Crippen molar-refractivity contribution in [1.29, 1.82) is 0 Å². The number of nitrogens with one attached hydrogen (secondary N) is 2. The highest BCUT2D eigenvalue weighted by Crippen LogP contribution is 2.19. The lowest BCUT2D eigenvalue weighted by atomic mass is 10.0. The number of nitrogens with zero attached hydrogens (tertiary/aromatic N) is 3. The van der Waals surface area contributed by atoms with Crippen molar-refractivity contribution >= 4 is 11.8 Å². The maximum absolute atomic E-state index is 14.3. The summed E-state index contributed by atoms with van der Waals surface area (Å²) in [4.78, 5) is 29.7. The number of alkyl halides is 1. The molecule has 0 unspecified atom stereocenters. The lowest BCUT2D eigenvalue weighted by Gasteiger charge is -2.34. The molecule has 2 amide bonds. The Hall–Kier alpha value is -2.81. The molecular weight excluding hydrogens is 341 g/mol. The van der Waals surface area contributed by atoms with Crippen LogP contribution in [0.5, 0.6) is 0 Å². The van der Waals surface area contributed by atoms with Gasteiger partial charge in [-0.3, -0.25) is 19.7 Å². The highest BCUT2D eigenvalue weighted by molar-refractivity contribution is 5.92. The Morgan fingerprint density at radius 2 is 2.23 bits per heavy atom. The van der Waals surface area contributed by atoms with Gasteiger partial charge in [-0.25, -0.2) is 4.39 Å². The average Bonchev–Trinajstić information content (AvgIpc) is 3.18. The van der Waals surface area contributed by atoms with E-state index >= 15 is 0 Å². The van der Waals surface area contributed by atoms with Crippen molar-refractivity contribution in [3.63, 3.8) is 0 Å². The molecule has 0 spiro atoms. The number of carbonyl (C=O) groups excluding carboxylic acids is 2. The summed E-state index contributed by atoms with van der Waals surface area (Å²) in [6.07, 6.45) is 3.99. The summed E-state index contributed by atoms with van der Waals surface area (Å²) < 4.78 is 19.1. The van der Waals surface area contributed by atoms with E-state index in [4.69, 9.17) is 4.74 Å². The zero-order chi connectivity index (χ0) is 18.5. The van der Waals surface area contributed by atoms with Crippen LogP contribution in [-0.2, 0) is 9.53 Å². The maximum atomic E-state index is 14.3. The molecule has 0 saturated carbocycles. The van der Waals surface area contributed by atoms with Gasteiger partial charge in [-0.05, 0) is 12.5 Å². The first-order valence-electron chi connectivity index (χ1n) is 8.25. The number of hydrogen-bond acceptors (Lipinski definition) is 5. The second-order valence-electron chi connectivity index (χ2n) is 6.08. The van der Waals surface area contributed by atoms with Crippen molar-refractivity contribution in [1.82, 2.24) is 25.4 Å². The van der Waals surface area contributed by atoms with Crippen molar-refractivity contribution in [2.24, 2.45) is 0 Å². The molecule has 2 N–H and O–H groups in total. The summed E-state index contributed by atoms with van der Waals surface area (Å²) in [6, 6.07) is 2.78. The number of aromatic amines is 1. The molecule has 0 aromatic carbocycles. The van der Waals surface area contributed by atoms with E-state index in [1.807, 2.05) is 0 Å². The summed E-state index contributed by atoms with van der Waals surface area (Å²) in [5.41, 5.74) is 1.96. The fraction of sp³-hybridized carbons (Fsp3) is 0.412. The van der Waals surface area contributed by atoms with Crippen LogP contribution in [-0.4, -0.2) is 70.9 Å². The minimum atomic E-state index is -1.33. The molecule has 2 aromatic heterocycles. The number of ether oxygens (including phenoxy) is 1. The van der Waals surface area contributed by atoms with Crippen molar-refractivity contribution in [2.75, 3.05) is 26.8 Å². The molecule has 0 aliphatic carbocycles. The quantitative estimate of drug-likeness (QED) is 0.820. The standard InChI is InChI=1S/C17H20FN5O3/c1-26-10-16(24)22-14-4-5-23(9-13(14)18)17(25)15-3-2-11(6-19-15)12-7-20-21-8-12/h2-3,6-8,13-14H,4-5,9-10H2,1H3,(H,20,21)(H,22,24)/t13-,14-/m1/s1. The monoisotopic (exact) mass is 361 g/mol. The molecular formula is C17H20FN5O3. The highest BCUT2D eigenvalue weighted by Gasteiger charge is 2.33. The summed E-state index contributed by atoms with van der Waals surface area (Å²) >= 11 is 0. The van der Waals surface area contributed by atoms with E-state index in [0.29, 0.717) is 13.0 Å². The Kier molecular flexibility index (Phi) is 5.57. The molecule has 2 atom stereocenters. The van der Waals surface area contributed by atoms with Gasteiger partial charge in [-0.1, -0.05) is 6.07 Å². The summed E-state index contributed by atoms with van der Waals surface area (Å²) in [5, 5.41) is 9.18. The van der Waals surface area contributed by atoms with Gasteiger partial charge in [-0.15, -0.1) is 0 Å². The minimum Gasteiger partial charge on any atom is -0.375 e. The Bertz CT molecular complexity index is 750. The van der Waals surface area contributed by atoms with Crippen molar-refractivity contribution in [3.05, 3.63) is 36.4 Å². The first-order valence-corrected chi connectivity index (χ1v) is 8.25. The predicted octanol–water partition coefficient (Wildman–Crippen LogP) is 0.787. The number of likely N-dealkylation sites (tertiary alicyclic amines) is 1. The first-order chi connectivity index (χ1) is 12.6. The second kappa shape index (κ2) is 8.05. The van der Waals surface area contributed by atoms with E-state index in [0.717, 1.165) is 11.1 Å². The van der Waals surface area contributed by atoms with E-state index in [-0.39, 0.29) is 30.7 Å². The number of methoxy groups -OCH3 is 1. The van der Waals surface area contributed by atoms with Crippen LogP contribution in [0.15, 0.2) is 30.7 Å². The van der Waals surface area contributed by atoms with Crippen LogP contribution in [0.1, 0.15) is 16.9 Å². The van der Waals surface area contributed by atoms with Gasteiger partial charge in [0.05, 0.1) is 18.8 Å². The van der Waals surface area contributed by atoms with Crippen LogP contribution in [0, 0.1) is 0 Å².